The van der Waals surface area contributed by atoms with Crippen LogP contribution in [0.1, 0.15) is 19.3 Å². The molecule has 0 aliphatic heterocycles. The fourth-order valence-electron chi connectivity index (χ4n) is 3.68. The third-order valence-corrected chi connectivity index (χ3v) is 4.14. The van der Waals surface area contributed by atoms with Crippen molar-refractivity contribution >= 4 is 0 Å². The van der Waals surface area contributed by atoms with Crippen LogP contribution in [0.5, 0.6) is 0 Å². The molecule has 0 amide bonds. The molecule has 0 heterocycles. The minimum Gasteiger partial charge on any atom is -0.396 e. The molecule has 0 spiro atoms. The van der Waals surface area contributed by atoms with Gasteiger partial charge in [-0.15, -0.1) is 0 Å². The number of rotatable bonds is 1. The SMILES string of the molecule is OCC1[C@H]2CC[C@@H]1[C@@H]1C[C@@H]12. The predicted octanol–water partition coefficient (Wildman–Crippen LogP) is 1.27. The van der Waals surface area contributed by atoms with Crippen LogP contribution >= 0.6 is 0 Å². The summed E-state index contributed by atoms with van der Waals surface area (Å²) in [6.07, 6.45) is 4.36. The zero-order valence-corrected chi connectivity index (χ0v) is 6.16. The summed E-state index contributed by atoms with van der Waals surface area (Å²) >= 11 is 0. The molecule has 3 saturated carbocycles. The maximum atomic E-state index is 9.09. The van der Waals surface area contributed by atoms with Gasteiger partial charge in [0.2, 0.25) is 0 Å². The lowest BCUT2D eigenvalue weighted by Gasteiger charge is -2.14. The van der Waals surface area contributed by atoms with Crippen LogP contribution in [-0.4, -0.2) is 11.7 Å². The van der Waals surface area contributed by atoms with Crippen LogP contribution in [0, 0.1) is 29.6 Å². The van der Waals surface area contributed by atoms with Gasteiger partial charge in [0, 0.05) is 6.61 Å². The monoisotopic (exact) mass is 138 g/mol. The third-order valence-electron chi connectivity index (χ3n) is 4.14. The zero-order chi connectivity index (χ0) is 6.72. The number of hydrogen-bond donors (Lipinski definition) is 1. The Balaban J connectivity index is 1.90. The molecule has 0 radical (unpaired) electrons. The summed E-state index contributed by atoms with van der Waals surface area (Å²) in [6.45, 7) is 0.475. The lowest BCUT2D eigenvalue weighted by molar-refractivity contribution is 0.175. The number of aliphatic hydroxyl groups is 1. The van der Waals surface area contributed by atoms with E-state index in [0.717, 1.165) is 29.6 Å². The summed E-state index contributed by atoms with van der Waals surface area (Å²) in [4.78, 5) is 0. The van der Waals surface area contributed by atoms with Crippen LogP contribution in [0.4, 0.5) is 0 Å². The van der Waals surface area contributed by atoms with Gasteiger partial charge in [-0.2, -0.15) is 0 Å². The Bertz CT molecular complexity index is 150. The van der Waals surface area contributed by atoms with E-state index < -0.39 is 0 Å². The molecule has 1 unspecified atom stereocenters. The van der Waals surface area contributed by atoms with Crippen molar-refractivity contribution in [2.75, 3.05) is 6.61 Å². The Morgan fingerprint density at radius 2 is 1.60 bits per heavy atom. The molecular weight excluding hydrogens is 124 g/mol. The van der Waals surface area contributed by atoms with Gasteiger partial charge in [-0.1, -0.05) is 0 Å². The highest BCUT2D eigenvalue weighted by Crippen LogP contribution is 2.68. The lowest BCUT2D eigenvalue weighted by Crippen LogP contribution is -2.14. The lowest BCUT2D eigenvalue weighted by atomic mass is 9.93. The second-order valence-corrected chi connectivity index (χ2v) is 4.31. The van der Waals surface area contributed by atoms with E-state index in [-0.39, 0.29) is 0 Å². The van der Waals surface area contributed by atoms with Gasteiger partial charge in [-0.05, 0) is 48.9 Å². The van der Waals surface area contributed by atoms with E-state index in [0.29, 0.717) is 6.61 Å². The highest BCUT2D eigenvalue weighted by atomic mass is 16.3. The molecule has 5 atom stereocenters. The summed E-state index contributed by atoms with van der Waals surface area (Å²) in [6, 6.07) is 0. The quantitative estimate of drug-likeness (QED) is 0.578. The van der Waals surface area contributed by atoms with Crippen LogP contribution < -0.4 is 0 Å². The Morgan fingerprint density at radius 1 is 1.00 bits per heavy atom. The Labute approximate surface area is 61.4 Å². The second kappa shape index (κ2) is 1.58. The summed E-state index contributed by atoms with van der Waals surface area (Å²) in [5.74, 6) is 4.75. The molecule has 1 heteroatoms. The highest BCUT2D eigenvalue weighted by Gasteiger charge is 2.62. The summed E-state index contributed by atoms with van der Waals surface area (Å²) in [7, 11) is 0. The van der Waals surface area contributed by atoms with Crippen LogP contribution in [0.15, 0.2) is 0 Å². The Kier molecular flexibility index (Phi) is 0.883. The predicted molar refractivity (Wildman–Crippen MR) is 38.4 cm³/mol. The fraction of sp³-hybridized carbons (Fsp3) is 1.00. The van der Waals surface area contributed by atoms with Gasteiger partial charge in [0.15, 0.2) is 0 Å². The third kappa shape index (κ3) is 0.460. The van der Waals surface area contributed by atoms with E-state index in [1.807, 2.05) is 0 Å². The van der Waals surface area contributed by atoms with E-state index in [4.69, 9.17) is 5.11 Å². The van der Waals surface area contributed by atoms with E-state index in [1.165, 1.54) is 19.3 Å². The van der Waals surface area contributed by atoms with Gasteiger partial charge in [-0.25, -0.2) is 0 Å². The van der Waals surface area contributed by atoms with Crippen molar-refractivity contribution in [2.45, 2.75) is 19.3 Å². The first-order valence-electron chi connectivity index (χ1n) is 4.52. The Morgan fingerprint density at radius 3 is 2.00 bits per heavy atom. The molecule has 0 saturated heterocycles. The fourth-order valence-corrected chi connectivity index (χ4v) is 3.68. The molecule has 0 aromatic rings. The summed E-state index contributed by atoms with van der Waals surface area (Å²) in [5.41, 5.74) is 0. The van der Waals surface area contributed by atoms with Crippen molar-refractivity contribution in [1.29, 1.82) is 0 Å². The highest BCUT2D eigenvalue weighted by molar-refractivity contribution is 5.10. The smallest absolute Gasteiger partial charge is 0.0464 e. The van der Waals surface area contributed by atoms with Crippen molar-refractivity contribution in [1.82, 2.24) is 0 Å². The minimum absolute atomic E-state index is 0.475. The molecule has 1 nitrogen and oxygen atoms in total. The van der Waals surface area contributed by atoms with Crippen molar-refractivity contribution in [3.8, 4) is 0 Å². The molecule has 2 bridgehead atoms. The topological polar surface area (TPSA) is 20.2 Å². The van der Waals surface area contributed by atoms with Gasteiger partial charge in [-0.3, -0.25) is 0 Å². The largest absolute Gasteiger partial charge is 0.396 e. The molecular formula is C9H14O. The molecule has 3 fully saturated rings. The summed E-state index contributed by atoms with van der Waals surface area (Å²) in [5, 5.41) is 9.09. The molecule has 3 rings (SSSR count). The van der Waals surface area contributed by atoms with Crippen LogP contribution in [0.2, 0.25) is 0 Å². The maximum absolute atomic E-state index is 9.09. The maximum Gasteiger partial charge on any atom is 0.0464 e. The van der Waals surface area contributed by atoms with E-state index in [2.05, 4.69) is 0 Å². The zero-order valence-electron chi connectivity index (χ0n) is 6.16. The number of hydrogen-bond acceptors (Lipinski definition) is 1. The summed E-state index contributed by atoms with van der Waals surface area (Å²) < 4.78 is 0. The minimum atomic E-state index is 0.475. The van der Waals surface area contributed by atoms with Crippen LogP contribution in [-0.2, 0) is 0 Å². The normalized spacial score (nSPS) is 62.7. The van der Waals surface area contributed by atoms with E-state index >= 15 is 0 Å². The second-order valence-electron chi connectivity index (χ2n) is 4.31. The van der Waals surface area contributed by atoms with E-state index in [1.54, 1.807) is 0 Å². The van der Waals surface area contributed by atoms with Gasteiger partial charge < -0.3 is 5.11 Å². The average molecular weight is 138 g/mol. The van der Waals surface area contributed by atoms with Gasteiger partial charge in [0.05, 0.1) is 0 Å². The van der Waals surface area contributed by atoms with Crippen molar-refractivity contribution in [2.24, 2.45) is 29.6 Å². The number of fused-ring (bicyclic) bond motifs is 5. The van der Waals surface area contributed by atoms with Crippen molar-refractivity contribution in [3.63, 3.8) is 0 Å². The number of aliphatic hydroxyl groups excluding tert-OH is 1. The van der Waals surface area contributed by atoms with Crippen molar-refractivity contribution < 1.29 is 5.11 Å². The standard InChI is InChI=1S/C9H14O/c10-4-9-5-1-2-6(9)8-3-7(5)8/h5-10H,1-4H2/t5-,6+,7+,8-,9?. The molecule has 3 aliphatic carbocycles. The molecule has 0 aromatic carbocycles. The Hall–Kier alpha value is -0.0400. The average Bonchev–Trinajstić information content (AvgIpc) is 2.61. The van der Waals surface area contributed by atoms with E-state index in [9.17, 15) is 0 Å². The van der Waals surface area contributed by atoms with Gasteiger partial charge >= 0.3 is 0 Å². The first-order chi connectivity index (χ1) is 4.92. The van der Waals surface area contributed by atoms with Gasteiger partial charge in [0.1, 0.15) is 0 Å². The van der Waals surface area contributed by atoms with Crippen molar-refractivity contribution in [3.05, 3.63) is 0 Å². The van der Waals surface area contributed by atoms with Crippen LogP contribution in [0.3, 0.4) is 0 Å². The van der Waals surface area contributed by atoms with Gasteiger partial charge in [0.25, 0.3) is 0 Å². The molecule has 10 heavy (non-hydrogen) atoms. The van der Waals surface area contributed by atoms with Crippen LogP contribution in [0.25, 0.3) is 0 Å². The first kappa shape index (κ1) is 5.59. The molecule has 56 valence electrons. The first-order valence-corrected chi connectivity index (χ1v) is 4.52. The molecule has 1 N–H and O–H groups in total. The molecule has 3 aliphatic rings. The molecule has 0 aromatic heterocycles.